The van der Waals surface area contributed by atoms with E-state index in [9.17, 15) is 4.79 Å². The van der Waals surface area contributed by atoms with E-state index in [4.69, 9.17) is 0 Å². The van der Waals surface area contributed by atoms with Crippen molar-refractivity contribution in [3.8, 4) is 0 Å². The van der Waals surface area contributed by atoms with Crippen molar-refractivity contribution >= 4 is 28.1 Å². The molecule has 0 spiro atoms. The number of fused-ring (bicyclic) bond motifs is 1. The van der Waals surface area contributed by atoms with Crippen LogP contribution in [0.2, 0.25) is 0 Å². The number of thiophene rings is 1. The summed E-state index contributed by atoms with van der Waals surface area (Å²) in [5, 5.41) is 3.25. The van der Waals surface area contributed by atoms with E-state index in [1.165, 1.54) is 4.88 Å². The average molecular weight is 310 g/mol. The molecule has 0 aliphatic carbocycles. The Bertz CT molecular complexity index is 790. The van der Waals surface area contributed by atoms with Crippen molar-refractivity contribution in [1.82, 2.24) is 9.88 Å². The third-order valence-electron chi connectivity index (χ3n) is 4.46. The Kier molecular flexibility index (Phi) is 3.47. The first kappa shape index (κ1) is 13.6. The van der Waals surface area contributed by atoms with Crippen LogP contribution in [-0.2, 0) is 11.2 Å². The van der Waals surface area contributed by atoms with E-state index in [1.54, 1.807) is 11.3 Å². The van der Waals surface area contributed by atoms with Gasteiger partial charge in [-0.3, -0.25) is 4.79 Å². The van der Waals surface area contributed by atoms with Crippen molar-refractivity contribution in [2.45, 2.75) is 25.3 Å². The van der Waals surface area contributed by atoms with Gasteiger partial charge in [-0.25, -0.2) is 0 Å². The molecule has 3 nitrogen and oxygen atoms in total. The lowest BCUT2D eigenvalue weighted by Crippen LogP contribution is -2.31. The number of carbonyl (C=O) groups excluding carboxylic acids is 1. The average Bonchev–Trinajstić information content (AvgIpc) is 3.27. The summed E-state index contributed by atoms with van der Waals surface area (Å²) in [6.07, 6.45) is 4.63. The zero-order valence-corrected chi connectivity index (χ0v) is 13.1. The van der Waals surface area contributed by atoms with Crippen LogP contribution in [0.3, 0.4) is 0 Å². The predicted molar refractivity (Wildman–Crippen MR) is 90.0 cm³/mol. The summed E-state index contributed by atoms with van der Waals surface area (Å²) in [4.78, 5) is 19.4. The van der Waals surface area contributed by atoms with Crippen molar-refractivity contribution < 1.29 is 4.79 Å². The van der Waals surface area contributed by atoms with Gasteiger partial charge in [0, 0.05) is 28.5 Å². The number of amides is 1. The van der Waals surface area contributed by atoms with Gasteiger partial charge >= 0.3 is 0 Å². The molecule has 1 aromatic carbocycles. The normalized spacial score (nSPS) is 18.2. The molecule has 0 bridgehead atoms. The molecule has 0 radical (unpaired) electrons. The van der Waals surface area contributed by atoms with E-state index < -0.39 is 0 Å². The zero-order chi connectivity index (χ0) is 14.9. The van der Waals surface area contributed by atoms with Gasteiger partial charge < -0.3 is 9.88 Å². The van der Waals surface area contributed by atoms with Crippen molar-refractivity contribution in [1.29, 1.82) is 0 Å². The highest BCUT2D eigenvalue weighted by Gasteiger charge is 2.30. The SMILES string of the molecule is O=C(Cc1c[nH]c2ccccc12)N1CCCC1c1cccs1. The lowest BCUT2D eigenvalue weighted by molar-refractivity contribution is -0.131. The van der Waals surface area contributed by atoms with E-state index in [0.717, 1.165) is 35.9 Å². The second-order valence-corrected chi connectivity index (χ2v) is 6.78. The number of rotatable bonds is 3. The molecular weight excluding hydrogens is 292 g/mol. The van der Waals surface area contributed by atoms with Crippen LogP contribution in [0.25, 0.3) is 10.9 Å². The lowest BCUT2D eigenvalue weighted by Gasteiger charge is -2.24. The van der Waals surface area contributed by atoms with Crippen molar-refractivity contribution in [3.05, 3.63) is 58.4 Å². The van der Waals surface area contributed by atoms with Gasteiger partial charge in [0.15, 0.2) is 0 Å². The highest BCUT2D eigenvalue weighted by molar-refractivity contribution is 7.10. The lowest BCUT2D eigenvalue weighted by atomic mass is 10.1. The largest absolute Gasteiger partial charge is 0.361 e. The maximum atomic E-state index is 12.8. The fourth-order valence-corrected chi connectivity index (χ4v) is 4.26. The number of aromatic amines is 1. The maximum absolute atomic E-state index is 12.8. The zero-order valence-electron chi connectivity index (χ0n) is 12.3. The molecule has 1 unspecified atom stereocenters. The van der Waals surface area contributed by atoms with Crippen LogP contribution >= 0.6 is 11.3 Å². The molecule has 4 rings (SSSR count). The quantitative estimate of drug-likeness (QED) is 0.775. The number of hydrogen-bond acceptors (Lipinski definition) is 2. The Labute approximate surface area is 133 Å². The summed E-state index contributed by atoms with van der Waals surface area (Å²) in [5.41, 5.74) is 2.19. The van der Waals surface area contributed by atoms with Crippen LogP contribution < -0.4 is 0 Å². The molecule has 22 heavy (non-hydrogen) atoms. The van der Waals surface area contributed by atoms with Gasteiger partial charge in [-0.05, 0) is 35.9 Å². The second-order valence-electron chi connectivity index (χ2n) is 5.80. The molecule has 0 saturated carbocycles. The van der Waals surface area contributed by atoms with E-state index in [0.29, 0.717) is 6.42 Å². The Hall–Kier alpha value is -2.07. The molecule has 1 aliphatic rings. The smallest absolute Gasteiger partial charge is 0.227 e. The van der Waals surface area contributed by atoms with Gasteiger partial charge in [0.1, 0.15) is 0 Å². The van der Waals surface area contributed by atoms with Gasteiger partial charge in [-0.1, -0.05) is 24.3 Å². The highest BCUT2D eigenvalue weighted by Crippen LogP contribution is 2.35. The van der Waals surface area contributed by atoms with Crippen LogP contribution in [0.15, 0.2) is 48.0 Å². The van der Waals surface area contributed by atoms with E-state index >= 15 is 0 Å². The molecule has 112 valence electrons. The first-order valence-electron chi connectivity index (χ1n) is 7.71. The fraction of sp³-hybridized carbons (Fsp3) is 0.278. The first-order valence-corrected chi connectivity index (χ1v) is 8.59. The standard InChI is InChI=1S/C18H18N2OS/c21-18(11-13-12-19-15-6-2-1-5-14(13)15)20-9-3-7-16(20)17-8-4-10-22-17/h1-2,4-6,8,10,12,16,19H,3,7,9,11H2. The molecule has 1 aliphatic heterocycles. The Morgan fingerprint density at radius 3 is 3.05 bits per heavy atom. The minimum absolute atomic E-state index is 0.237. The first-order chi connectivity index (χ1) is 10.8. The van der Waals surface area contributed by atoms with Gasteiger partial charge in [0.05, 0.1) is 12.5 Å². The molecule has 2 aromatic heterocycles. The molecule has 4 heteroatoms. The molecule has 1 N–H and O–H groups in total. The summed E-state index contributed by atoms with van der Waals surface area (Å²) in [6.45, 7) is 0.879. The summed E-state index contributed by atoms with van der Waals surface area (Å²) in [6, 6.07) is 12.7. The van der Waals surface area contributed by atoms with Crippen LogP contribution in [-0.4, -0.2) is 22.3 Å². The number of benzene rings is 1. The van der Waals surface area contributed by atoms with Crippen molar-refractivity contribution in [3.63, 3.8) is 0 Å². The van der Waals surface area contributed by atoms with Gasteiger partial charge in [0.25, 0.3) is 0 Å². The van der Waals surface area contributed by atoms with E-state index in [2.05, 4.69) is 33.5 Å². The van der Waals surface area contributed by atoms with Crippen molar-refractivity contribution in [2.75, 3.05) is 6.54 Å². The third-order valence-corrected chi connectivity index (χ3v) is 5.43. The van der Waals surface area contributed by atoms with Crippen molar-refractivity contribution in [2.24, 2.45) is 0 Å². The summed E-state index contributed by atoms with van der Waals surface area (Å²) in [5.74, 6) is 0.237. The Morgan fingerprint density at radius 2 is 2.18 bits per heavy atom. The molecule has 3 aromatic rings. The van der Waals surface area contributed by atoms with Gasteiger partial charge in [-0.2, -0.15) is 0 Å². The van der Waals surface area contributed by atoms with E-state index in [1.807, 2.05) is 24.4 Å². The Morgan fingerprint density at radius 1 is 1.27 bits per heavy atom. The molecule has 1 fully saturated rings. The van der Waals surface area contributed by atoms with Crippen LogP contribution in [0.4, 0.5) is 0 Å². The van der Waals surface area contributed by atoms with Crippen LogP contribution in [0.5, 0.6) is 0 Å². The molecule has 1 atom stereocenters. The monoisotopic (exact) mass is 310 g/mol. The molecular formula is C18H18N2OS. The van der Waals surface area contributed by atoms with Gasteiger partial charge in [0.2, 0.25) is 5.91 Å². The minimum Gasteiger partial charge on any atom is -0.361 e. The van der Waals surface area contributed by atoms with E-state index in [-0.39, 0.29) is 11.9 Å². The summed E-state index contributed by atoms with van der Waals surface area (Å²) < 4.78 is 0. The number of para-hydroxylation sites is 1. The molecule has 3 heterocycles. The second kappa shape index (κ2) is 5.61. The highest BCUT2D eigenvalue weighted by atomic mass is 32.1. The minimum atomic E-state index is 0.237. The molecule has 1 saturated heterocycles. The maximum Gasteiger partial charge on any atom is 0.227 e. The van der Waals surface area contributed by atoms with Crippen LogP contribution in [0.1, 0.15) is 29.3 Å². The number of carbonyl (C=O) groups is 1. The summed E-state index contributed by atoms with van der Waals surface area (Å²) >= 11 is 1.75. The number of likely N-dealkylation sites (tertiary alicyclic amines) is 1. The number of nitrogens with one attached hydrogen (secondary N) is 1. The fourth-order valence-electron chi connectivity index (χ4n) is 3.38. The topological polar surface area (TPSA) is 36.1 Å². The summed E-state index contributed by atoms with van der Waals surface area (Å²) in [7, 11) is 0. The predicted octanol–water partition coefficient (Wildman–Crippen LogP) is 4.14. The number of hydrogen-bond donors (Lipinski definition) is 1. The van der Waals surface area contributed by atoms with Gasteiger partial charge in [-0.15, -0.1) is 11.3 Å². The van der Waals surface area contributed by atoms with Crippen LogP contribution in [0, 0.1) is 0 Å². The number of nitrogens with zero attached hydrogens (tertiary/aromatic N) is 1. The third kappa shape index (κ3) is 2.33. The number of aromatic nitrogens is 1. The molecule has 1 amide bonds. The Balaban J connectivity index is 1.57. The number of H-pyrrole nitrogens is 1.